The summed E-state index contributed by atoms with van der Waals surface area (Å²) in [6.45, 7) is 2.85. The molecule has 24 heavy (non-hydrogen) atoms. The van der Waals surface area contributed by atoms with Crippen LogP contribution in [0.15, 0.2) is 24.3 Å². The fourth-order valence-corrected chi connectivity index (χ4v) is 2.98. The maximum Gasteiger partial charge on any atom is 0.227 e. The van der Waals surface area contributed by atoms with Crippen LogP contribution in [0.25, 0.3) is 0 Å². The van der Waals surface area contributed by atoms with Crippen LogP contribution in [0.3, 0.4) is 0 Å². The highest BCUT2D eigenvalue weighted by molar-refractivity contribution is 5.91. The van der Waals surface area contributed by atoms with Crippen LogP contribution in [0.2, 0.25) is 0 Å². The van der Waals surface area contributed by atoms with Gasteiger partial charge in [-0.3, -0.25) is 19.8 Å². The van der Waals surface area contributed by atoms with Crippen molar-refractivity contribution in [2.75, 3.05) is 31.6 Å². The van der Waals surface area contributed by atoms with Crippen LogP contribution in [-0.4, -0.2) is 60.5 Å². The molecule has 130 valence electrons. The molecule has 0 bridgehead atoms. The molecule has 2 amide bonds. The number of nitrogens with one attached hydrogen (secondary N) is 3. The average Bonchev–Trinajstić information content (AvgIpc) is 2.55. The third kappa shape index (κ3) is 4.44. The molecule has 2 aliphatic heterocycles. The van der Waals surface area contributed by atoms with Gasteiger partial charge in [-0.1, -0.05) is 6.07 Å². The van der Waals surface area contributed by atoms with Crippen molar-refractivity contribution in [1.29, 1.82) is 0 Å². The molecule has 1 aromatic rings. The van der Waals surface area contributed by atoms with Gasteiger partial charge in [0.25, 0.3) is 0 Å². The van der Waals surface area contributed by atoms with Crippen LogP contribution < -0.4 is 16.0 Å². The molecule has 8 nitrogen and oxygen atoms in total. The lowest BCUT2D eigenvalue weighted by atomic mass is 10.1. The van der Waals surface area contributed by atoms with E-state index in [1.165, 1.54) is 12.1 Å². The number of nitrogens with zero attached hydrogens (tertiary/aromatic N) is 1. The number of carbonyl (C=O) groups is 2. The van der Waals surface area contributed by atoms with Crippen LogP contribution in [0.4, 0.5) is 5.69 Å². The van der Waals surface area contributed by atoms with E-state index in [9.17, 15) is 14.7 Å². The second kappa shape index (κ2) is 7.61. The predicted octanol–water partition coefficient (Wildman–Crippen LogP) is -0.185. The Bertz CT molecular complexity index is 603. The minimum absolute atomic E-state index is 0.0691. The van der Waals surface area contributed by atoms with Gasteiger partial charge in [0.05, 0.1) is 38.4 Å². The first-order valence-electron chi connectivity index (χ1n) is 8.06. The highest BCUT2D eigenvalue weighted by Crippen LogP contribution is 2.16. The van der Waals surface area contributed by atoms with Gasteiger partial charge in [0, 0.05) is 24.8 Å². The molecule has 0 radical (unpaired) electrons. The van der Waals surface area contributed by atoms with Gasteiger partial charge in [0.2, 0.25) is 11.8 Å². The fraction of sp³-hybridized carbons (Fsp3) is 0.500. The number of amides is 2. The largest absolute Gasteiger partial charge is 0.508 e. The summed E-state index contributed by atoms with van der Waals surface area (Å²) in [5.74, 6) is -0.217. The lowest BCUT2D eigenvalue weighted by Crippen LogP contribution is -2.63. The van der Waals surface area contributed by atoms with Gasteiger partial charge in [0.15, 0.2) is 0 Å². The summed E-state index contributed by atoms with van der Waals surface area (Å²) >= 11 is 0. The first kappa shape index (κ1) is 16.7. The molecule has 0 spiro atoms. The first-order valence-corrected chi connectivity index (χ1v) is 8.06. The molecule has 2 unspecified atom stereocenters. The van der Waals surface area contributed by atoms with E-state index in [-0.39, 0.29) is 30.2 Å². The predicted molar refractivity (Wildman–Crippen MR) is 87.2 cm³/mol. The number of rotatable bonds is 4. The number of hydrogen-bond acceptors (Lipinski definition) is 6. The molecule has 0 saturated carbocycles. The minimum Gasteiger partial charge on any atom is -0.508 e. The number of carbonyl (C=O) groups excluding carboxylic acids is 2. The smallest absolute Gasteiger partial charge is 0.227 e. The Morgan fingerprint density at radius 3 is 2.92 bits per heavy atom. The van der Waals surface area contributed by atoms with Crippen molar-refractivity contribution in [2.45, 2.75) is 25.2 Å². The van der Waals surface area contributed by atoms with Gasteiger partial charge in [0.1, 0.15) is 5.75 Å². The summed E-state index contributed by atoms with van der Waals surface area (Å²) in [7, 11) is 0. The molecule has 2 heterocycles. The lowest BCUT2D eigenvalue weighted by Gasteiger charge is -2.40. The minimum atomic E-state index is -0.420. The molecule has 2 atom stereocenters. The van der Waals surface area contributed by atoms with E-state index in [0.717, 1.165) is 13.1 Å². The molecule has 2 fully saturated rings. The third-order valence-corrected chi connectivity index (χ3v) is 4.11. The van der Waals surface area contributed by atoms with Gasteiger partial charge in [-0.15, -0.1) is 0 Å². The van der Waals surface area contributed by atoms with Gasteiger partial charge >= 0.3 is 0 Å². The molecular formula is C16H22N4O4. The van der Waals surface area contributed by atoms with E-state index >= 15 is 0 Å². The zero-order valence-electron chi connectivity index (χ0n) is 13.3. The molecule has 4 N–H and O–H groups in total. The summed E-state index contributed by atoms with van der Waals surface area (Å²) < 4.78 is 5.33. The van der Waals surface area contributed by atoms with Crippen molar-refractivity contribution in [1.82, 2.24) is 15.5 Å². The topological polar surface area (TPSA) is 103 Å². The Balaban J connectivity index is 1.55. The van der Waals surface area contributed by atoms with E-state index in [4.69, 9.17) is 4.74 Å². The number of benzene rings is 1. The van der Waals surface area contributed by atoms with E-state index < -0.39 is 6.17 Å². The van der Waals surface area contributed by atoms with Gasteiger partial charge in [-0.05, 0) is 12.1 Å². The summed E-state index contributed by atoms with van der Waals surface area (Å²) in [6.07, 6.45) is -0.0231. The first-order chi connectivity index (χ1) is 11.6. The number of phenolic OH excluding ortho intramolecular Hbond substituents is 1. The lowest BCUT2D eigenvalue weighted by molar-refractivity contribution is -0.128. The molecular weight excluding hydrogens is 312 g/mol. The van der Waals surface area contributed by atoms with Crippen LogP contribution >= 0.6 is 0 Å². The van der Waals surface area contributed by atoms with Crippen molar-refractivity contribution in [2.24, 2.45) is 0 Å². The molecule has 0 aromatic heterocycles. The zero-order valence-corrected chi connectivity index (χ0v) is 13.3. The Morgan fingerprint density at radius 1 is 1.38 bits per heavy atom. The van der Waals surface area contributed by atoms with Crippen molar-refractivity contribution in [3.63, 3.8) is 0 Å². The highest BCUT2D eigenvalue weighted by atomic mass is 16.5. The average molecular weight is 334 g/mol. The van der Waals surface area contributed by atoms with Crippen molar-refractivity contribution in [3.8, 4) is 5.75 Å². The van der Waals surface area contributed by atoms with E-state index in [2.05, 4.69) is 20.9 Å². The summed E-state index contributed by atoms with van der Waals surface area (Å²) in [5.41, 5.74) is 0.520. The second-order valence-electron chi connectivity index (χ2n) is 5.96. The molecule has 2 aliphatic rings. The fourth-order valence-electron chi connectivity index (χ4n) is 2.98. The SMILES string of the molecule is O=C(CC1NC(=O)CC(N2CCOCC2)N1)Nc1cccc(O)c1. The standard InChI is InChI=1S/C16H22N4O4/c21-12-3-1-2-11(8-12)17-15(22)9-13-18-14(10-16(23)19-13)20-4-6-24-7-5-20/h1-3,8,13-14,18,21H,4-7,9-10H2,(H,17,22)(H,19,23). The Morgan fingerprint density at radius 2 is 2.17 bits per heavy atom. The third-order valence-electron chi connectivity index (χ3n) is 4.11. The quantitative estimate of drug-likeness (QED) is 0.609. The summed E-state index contributed by atoms with van der Waals surface area (Å²) in [6, 6.07) is 6.36. The van der Waals surface area contributed by atoms with Crippen LogP contribution in [0.1, 0.15) is 12.8 Å². The van der Waals surface area contributed by atoms with Gasteiger partial charge in [-0.2, -0.15) is 0 Å². The second-order valence-corrected chi connectivity index (χ2v) is 5.96. The van der Waals surface area contributed by atoms with E-state index in [1.54, 1.807) is 12.1 Å². The molecule has 3 rings (SSSR count). The maximum absolute atomic E-state index is 12.2. The number of ether oxygens (including phenoxy) is 1. The molecule has 0 aliphatic carbocycles. The van der Waals surface area contributed by atoms with Crippen molar-refractivity contribution >= 4 is 17.5 Å². The monoisotopic (exact) mass is 334 g/mol. The molecule has 8 heteroatoms. The van der Waals surface area contributed by atoms with Gasteiger partial charge < -0.3 is 20.5 Å². The van der Waals surface area contributed by atoms with Crippen molar-refractivity contribution < 1.29 is 19.4 Å². The van der Waals surface area contributed by atoms with Crippen LogP contribution in [0, 0.1) is 0 Å². The number of anilines is 1. The zero-order chi connectivity index (χ0) is 16.9. The Kier molecular flexibility index (Phi) is 5.29. The maximum atomic E-state index is 12.2. The normalized spacial score (nSPS) is 25.1. The van der Waals surface area contributed by atoms with Crippen LogP contribution in [-0.2, 0) is 14.3 Å². The van der Waals surface area contributed by atoms with Crippen molar-refractivity contribution in [3.05, 3.63) is 24.3 Å². The van der Waals surface area contributed by atoms with E-state index in [0.29, 0.717) is 25.3 Å². The van der Waals surface area contributed by atoms with Gasteiger partial charge in [-0.25, -0.2) is 0 Å². The highest BCUT2D eigenvalue weighted by Gasteiger charge is 2.31. The van der Waals surface area contributed by atoms with E-state index in [1.807, 2.05) is 0 Å². The number of aromatic hydroxyl groups is 1. The number of morpholine rings is 1. The van der Waals surface area contributed by atoms with Crippen LogP contribution in [0.5, 0.6) is 5.75 Å². The Labute approximate surface area is 140 Å². The number of phenols is 1. The number of hydrogen-bond donors (Lipinski definition) is 4. The molecule has 1 aromatic carbocycles. The summed E-state index contributed by atoms with van der Waals surface area (Å²) in [4.78, 5) is 26.3. The molecule has 2 saturated heterocycles. The Hall–Kier alpha value is -2.16. The summed E-state index contributed by atoms with van der Waals surface area (Å²) in [5, 5.41) is 18.2.